The number of thiophene rings is 1. The van der Waals surface area contributed by atoms with Crippen LogP contribution in [0.15, 0.2) is 75.5 Å². The van der Waals surface area contributed by atoms with Crippen LogP contribution in [0, 0.1) is 0 Å². The summed E-state index contributed by atoms with van der Waals surface area (Å²) in [6.45, 7) is 2.94. The number of hydrogen-bond acceptors (Lipinski definition) is 3. The molecule has 0 aliphatic rings. The Balaban J connectivity index is 2.16. The summed E-state index contributed by atoms with van der Waals surface area (Å²) in [5.41, 5.74) is 1.94. The summed E-state index contributed by atoms with van der Waals surface area (Å²) >= 11 is 5.54. The van der Waals surface area contributed by atoms with Gasteiger partial charge in [-0.3, -0.25) is 4.99 Å². The normalized spacial score (nSPS) is 13.6. The van der Waals surface area contributed by atoms with Crippen LogP contribution >= 0.6 is 27.3 Å². The minimum atomic E-state index is -0.425. The van der Waals surface area contributed by atoms with E-state index in [0.717, 1.165) is 16.2 Å². The van der Waals surface area contributed by atoms with Crippen molar-refractivity contribution in [2.45, 2.75) is 19.0 Å². The second-order valence-electron chi connectivity index (χ2n) is 6.76. The number of halogens is 1. The van der Waals surface area contributed by atoms with Gasteiger partial charge in [0.05, 0.1) is 7.11 Å². The Labute approximate surface area is 185 Å². The highest BCUT2D eigenvalue weighted by Crippen LogP contribution is 2.42. The largest absolute Gasteiger partial charge is 0.497 e. The van der Waals surface area contributed by atoms with E-state index in [4.69, 9.17) is 4.74 Å². The van der Waals surface area contributed by atoms with E-state index < -0.39 is 5.54 Å². The van der Waals surface area contributed by atoms with E-state index in [0.29, 0.717) is 6.54 Å². The molecule has 152 valence electrons. The zero-order chi connectivity index (χ0) is 20.9. The minimum Gasteiger partial charge on any atom is -0.497 e. The topological polar surface area (TPSA) is 36.9 Å². The number of methoxy groups -OCH3 is 1. The Kier molecular flexibility index (Phi) is 6.98. The zero-order valence-corrected chi connectivity index (χ0v) is 19.5. The molecule has 0 spiro atoms. The van der Waals surface area contributed by atoms with Gasteiger partial charge in [-0.15, -0.1) is 11.3 Å². The van der Waals surface area contributed by atoms with Crippen molar-refractivity contribution in [3.05, 3.63) is 86.5 Å². The molecule has 3 rings (SSSR count). The molecule has 1 heterocycles. The molecular weight excluding hydrogens is 446 g/mol. The maximum absolute atomic E-state index is 5.32. The Hall–Kier alpha value is -2.31. The third kappa shape index (κ3) is 4.33. The van der Waals surface area contributed by atoms with Gasteiger partial charge in [-0.05, 0) is 47.7 Å². The van der Waals surface area contributed by atoms with E-state index >= 15 is 0 Å². The molecule has 0 aliphatic carbocycles. The maximum atomic E-state index is 5.32. The van der Waals surface area contributed by atoms with Gasteiger partial charge in [0.1, 0.15) is 11.3 Å². The Bertz CT molecular complexity index is 957. The molecule has 6 heteroatoms. The van der Waals surface area contributed by atoms with Gasteiger partial charge < -0.3 is 15.0 Å². The molecule has 0 aliphatic heterocycles. The first-order valence-electron chi connectivity index (χ1n) is 9.38. The van der Waals surface area contributed by atoms with Crippen molar-refractivity contribution in [3.63, 3.8) is 0 Å². The zero-order valence-electron chi connectivity index (χ0n) is 17.1. The van der Waals surface area contributed by atoms with Crippen LogP contribution in [0.5, 0.6) is 5.75 Å². The van der Waals surface area contributed by atoms with Gasteiger partial charge in [-0.25, -0.2) is 0 Å². The molecule has 4 nitrogen and oxygen atoms in total. The molecule has 0 bridgehead atoms. The highest BCUT2D eigenvalue weighted by atomic mass is 79.9. The van der Waals surface area contributed by atoms with Crippen molar-refractivity contribution in [1.82, 2.24) is 10.2 Å². The first kappa shape index (κ1) is 21.4. The molecule has 29 heavy (non-hydrogen) atoms. The van der Waals surface area contributed by atoms with Gasteiger partial charge in [0.15, 0.2) is 5.96 Å². The van der Waals surface area contributed by atoms with Crippen LogP contribution < -0.4 is 10.1 Å². The maximum Gasteiger partial charge on any atom is 0.194 e. The average Bonchev–Trinajstić information content (AvgIpc) is 3.30. The number of nitrogens with zero attached hydrogens (tertiary/aromatic N) is 2. The molecule has 0 fully saturated rings. The number of nitrogens with one attached hydrogen (secondary N) is 1. The van der Waals surface area contributed by atoms with Gasteiger partial charge in [0.2, 0.25) is 0 Å². The van der Waals surface area contributed by atoms with E-state index in [1.807, 2.05) is 32.3 Å². The van der Waals surface area contributed by atoms with Gasteiger partial charge in [-0.1, -0.05) is 52.3 Å². The first-order valence-corrected chi connectivity index (χ1v) is 11.1. The lowest BCUT2D eigenvalue weighted by molar-refractivity contribution is 0.230. The summed E-state index contributed by atoms with van der Waals surface area (Å²) in [6.07, 6.45) is 0. The first-order chi connectivity index (χ1) is 14.0. The quantitative estimate of drug-likeness (QED) is 0.381. The highest BCUT2D eigenvalue weighted by molar-refractivity contribution is 9.10. The predicted molar refractivity (Wildman–Crippen MR) is 126 cm³/mol. The van der Waals surface area contributed by atoms with Gasteiger partial charge >= 0.3 is 0 Å². The number of rotatable bonds is 6. The summed E-state index contributed by atoms with van der Waals surface area (Å²) in [5, 5.41) is 5.42. The van der Waals surface area contributed by atoms with Crippen molar-refractivity contribution < 1.29 is 4.74 Å². The Morgan fingerprint density at radius 2 is 1.86 bits per heavy atom. The molecule has 1 atom stereocenters. The van der Waals surface area contributed by atoms with Crippen molar-refractivity contribution in [1.29, 1.82) is 0 Å². The van der Waals surface area contributed by atoms with Gasteiger partial charge in [0.25, 0.3) is 0 Å². The smallest absolute Gasteiger partial charge is 0.194 e. The van der Waals surface area contributed by atoms with E-state index in [2.05, 4.69) is 85.9 Å². The number of benzene rings is 2. The fraction of sp³-hybridized carbons (Fsp3) is 0.261. The second-order valence-corrected chi connectivity index (χ2v) is 8.56. The Morgan fingerprint density at radius 3 is 2.41 bits per heavy atom. The SMILES string of the molecule is CN=C(NC)N(Cc1ccc(OC)cc1)C(C)(c1cccs1)c1ccccc1Br. The molecule has 1 unspecified atom stereocenters. The molecule has 1 aromatic heterocycles. The fourth-order valence-electron chi connectivity index (χ4n) is 3.55. The standard InChI is InChI=1S/C23H26BrN3OS/c1-23(21-10-7-15-29-21,19-8-5-6-9-20(19)24)27(22(25-2)26-3)16-17-11-13-18(28-4)14-12-17/h5-15H,16H2,1-4H3,(H,25,26). The molecule has 0 amide bonds. The van der Waals surface area contributed by atoms with Crippen LogP contribution in [0.4, 0.5) is 0 Å². The summed E-state index contributed by atoms with van der Waals surface area (Å²) in [6, 6.07) is 20.9. The lowest BCUT2D eigenvalue weighted by atomic mass is 9.87. The van der Waals surface area contributed by atoms with E-state index in [-0.39, 0.29) is 0 Å². The molecule has 0 saturated carbocycles. The average molecular weight is 472 g/mol. The van der Waals surface area contributed by atoms with Crippen LogP contribution in [-0.2, 0) is 12.1 Å². The molecular formula is C23H26BrN3OS. The molecule has 0 radical (unpaired) electrons. The van der Waals surface area contributed by atoms with Crippen LogP contribution in [0.1, 0.15) is 22.9 Å². The lowest BCUT2D eigenvalue weighted by Crippen LogP contribution is -2.51. The van der Waals surface area contributed by atoms with Gasteiger partial charge in [0, 0.05) is 30.0 Å². The lowest BCUT2D eigenvalue weighted by Gasteiger charge is -2.43. The van der Waals surface area contributed by atoms with Crippen molar-refractivity contribution >= 4 is 33.2 Å². The fourth-order valence-corrected chi connectivity index (χ4v) is 5.13. The van der Waals surface area contributed by atoms with E-state index in [1.165, 1.54) is 16.0 Å². The molecule has 3 aromatic rings. The van der Waals surface area contributed by atoms with Crippen LogP contribution in [-0.4, -0.2) is 32.1 Å². The number of hydrogen-bond donors (Lipinski definition) is 1. The summed E-state index contributed by atoms with van der Waals surface area (Å²) in [5.74, 6) is 1.68. The van der Waals surface area contributed by atoms with Gasteiger partial charge in [-0.2, -0.15) is 0 Å². The van der Waals surface area contributed by atoms with E-state index in [9.17, 15) is 0 Å². The van der Waals surface area contributed by atoms with Crippen molar-refractivity contribution in [2.75, 3.05) is 21.2 Å². The molecule has 1 N–H and O–H groups in total. The highest BCUT2D eigenvalue weighted by Gasteiger charge is 2.39. The monoisotopic (exact) mass is 471 g/mol. The second kappa shape index (κ2) is 9.46. The third-order valence-electron chi connectivity index (χ3n) is 5.13. The number of guanidine groups is 1. The number of aliphatic imine (C=N–C) groups is 1. The summed E-state index contributed by atoms with van der Waals surface area (Å²) in [7, 11) is 5.42. The summed E-state index contributed by atoms with van der Waals surface area (Å²) in [4.78, 5) is 8.13. The third-order valence-corrected chi connectivity index (χ3v) is 6.90. The minimum absolute atomic E-state index is 0.425. The van der Waals surface area contributed by atoms with Crippen LogP contribution in [0.3, 0.4) is 0 Å². The van der Waals surface area contributed by atoms with E-state index in [1.54, 1.807) is 18.4 Å². The van der Waals surface area contributed by atoms with Crippen LogP contribution in [0.2, 0.25) is 0 Å². The van der Waals surface area contributed by atoms with Crippen LogP contribution in [0.25, 0.3) is 0 Å². The van der Waals surface area contributed by atoms with Crippen molar-refractivity contribution in [2.24, 2.45) is 4.99 Å². The van der Waals surface area contributed by atoms with Crippen molar-refractivity contribution in [3.8, 4) is 5.75 Å². The predicted octanol–water partition coefficient (Wildman–Crippen LogP) is 5.49. The summed E-state index contributed by atoms with van der Waals surface area (Å²) < 4.78 is 6.39. The molecule has 2 aromatic carbocycles. The number of ether oxygens (including phenoxy) is 1. The molecule has 0 saturated heterocycles. The Morgan fingerprint density at radius 1 is 1.14 bits per heavy atom.